The summed E-state index contributed by atoms with van der Waals surface area (Å²) >= 11 is 0. The zero-order valence-electron chi connectivity index (χ0n) is 19.0. The van der Waals surface area contributed by atoms with Crippen molar-refractivity contribution in [1.29, 1.82) is 0 Å². The fourth-order valence-corrected chi connectivity index (χ4v) is 3.69. The van der Waals surface area contributed by atoms with Crippen LogP contribution >= 0.6 is 0 Å². The van der Waals surface area contributed by atoms with Gasteiger partial charge in [0.15, 0.2) is 0 Å². The Balaban J connectivity index is 0.00000544. The van der Waals surface area contributed by atoms with Gasteiger partial charge in [-0.25, -0.2) is 27.2 Å². The molecule has 0 aliphatic heterocycles. The first-order valence-corrected chi connectivity index (χ1v) is 11.9. The molecule has 0 radical (unpaired) electrons. The number of hydrogen-bond donors (Lipinski definition) is 2. The molecular weight excluding hydrogens is 467 g/mol. The molecule has 0 saturated carbocycles. The van der Waals surface area contributed by atoms with Crippen molar-refractivity contribution in [3.63, 3.8) is 0 Å². The summed E-state index contributed by atoms with van der Waals surface area (Å²) in [6.07, 6.45) is -2.78. The van der Waals surface area contributed by atoms with E-state index in [2.05, 4.69) is 14.7 Å². The van der Waals surface area contributed by atoms with E-state index >= 15 is 0 Å². The molecule has 0 fully saturated rings. The molecule has 2 N–H and O–H groups in total. The van der Waals surface area contributed by atoms with Crippen LogP contribution in [0, 0.1) is 5.82 Å². The SMILES string of the molecule is CC(C)c1nc(NS(C)(=O)=O)nc(-c2ccc(F)cc2)c1CC[C@H](O)C[C@H](F)CC(=O)[O-].[Na+]. The van der Waals surface area contributed by atoms with E-state index in [0.717, 1.165) is 6.26 Å². The fourth-order valence-electron chi connectivity index (χ4n) is 3.27. The number of rotatable bonds is 11. The van der Waals surface area contributed by atoms with Crippen molar-refractivity contribution in [3.05, 3.63) is 41.3 Å². The minimum atomic E-state index is -3.66. The second-order valence-electron chi connectivity index (χ2n) is 7.90. The van der Waals surface area contributed by atoms with Gasteiger partial charge in [-0.05, 0) is 43.0 Å². The third-order valence-electron chi connectivity index (χ3n) is 4.62. The molecule has 0 aliphatic carbocycles. The van der Waals surface area contributed by atoms with Crippen LogP contribution < -0.4 is 39.4 Å². The molecule has 12 heteroatoms. The number of aliphatic hydroxyl groups is 1. The van der Waals surface area contributed by atoms with Gasteiger partial charge < -0.3 is 15.0 Å². The van der Waals surface area contributed by atoms with Crippen molar-refractivity contribution in [1.82, 2.24) is 9.97 Å². The monoisotopic (exact) mass is 493 g/mol. The summed E-state index contributed by atoms with van der Waals surface area (Å²) in [7, 11) is -3.66. The Morgan fingerprint density at radius 2 is 1.82 bits per heavy atom. The van der Waals surface area contributed by atoms with Crippen LogP contribution in [0.5, 0.6) is 0 Å². The van der Waals surface area contributed by atoms with Crippen LogP contribution in [0.1, 0.15) is 50.3 Å². The maximum atomic E-state index is 13.7. The number of carbonyl (C=O) groups is 1. The average molecular weight is 494 g/mol. The van der Waals surface area contributed by atoms with Gasteiger partial charge in [-0.1, -0.05) is 13.8 Å². The first-order chi connectivity index (χ1) is 14.9. The topological polar surface area (TPSA) is 132 Å². The summed E-state index contributed by atoms with van der Waals surface area (Å²) in [6, 6.07) is 5.46. The van der Waals surface area contributed by atoms with Crippen LogP contribution in [0.25, 0.3) is 11.3 Å². The molecule has 8 nitrogen and oxygen atoms in total. The van der Waals surface area contributed by atoms with E-state index in [1.165, 1.54) is 24.3 Å². The number of aliphatic carboxylic acids is 1. The van der Waals surface area contributed by atoms with E-state index in [1.807, 2.05) is 13.8 Å². The molecular formula is C21H26F2N3NaO5S. The summed E-state index contributed by atoms with van der Waals surface area (Å²) in [5.74, 6) is -2.29. The van der Waals surface area contributed by atoms with E-state index in [1.54, 1.807) is 0 Å². The maximum Gasteiger partial charge on any atom is 1.00 e. The van der Waals surface area contributed by atoms with Crippen molar-refractivity contribution < 1.29 is 61.8 Å². The molecule has 0 bridgehead atoms. The molecule has 33 heavy (non-hydrogen) atoms. The molecule has 0 spiro atoms. The van der Waals surface area contributed by atoms with Gasteiger partial charge in [-0.3, -0.25) is 4.72 Å². The largest absolute Gasteiger partial charge is 1.00 e. The Morgan fingerprint density at radius 1 is 1.21 bits per heavy atom. The average Bonchev–Trinajstić information content (AvgIpc) is 2.64. The predicted molar refractivity (Wildman–Crippen MR) is 113 cm³/mol. The van der Waals surface area contributed by atoms with Crippen LogP contribution in [-0.2, 0) is 21.2 Å². The Kier molecular flexibility index (Phi) is 11.3. The number of alkyl halides is 1. The number of carboxylic acid groups (broad SMARTS) is 1. The number of benzene rings is 1. The standard InChI is InChI=1S/C21H27F2N3O5S.Na/c1-12(2)19-17(9-8-16(27)10-15(23)11-18(28)29)20(13-4-6-14(22)7-5-13)25-21(24-19)26-32(3,30)31;/h4-7,12,15-16,27H,8-11H2,1-3H3,(H,28,29)(H,24,25,26);/q;+1/p-1/t15-,16-;/m0./s1. The van der Waals surface area contributed by atoms with Crippen LogP contribution in [-0.4, -0.2) is 48.0 Å². The second kappa shape index (κ2) is 12.7. The number of halogens is 2. The number of hydrogen-bond acceptors (Lipinski definition) is 7. The summed E-state index contributed by atoms with van der Waals surface area (Å²) < 4.78 is 52.8. The van der Waals surface area contributed by atoms with E-state index in [4.69, 9.17) is 0 Å². The first kappa shape index (κ1) is 29.4. The summed E-state index contributed by atoms with van der Waals surface area (Å²) in [4.78, 5) is 19.2. The van der Waals surface area contributed by atoms with Crippen molar-refractivity contribution in [2.45, 2.75) is 57.7 Å². The smallest absolute Gasteiger partial charge is 0.550 e. The zero-order chi connectivity index (χ0) is 24.1. The molecule has 0 aliphatic rings. The van der Waals surface area contributed by atoms with Crippen molar-refractivity contribution in [3.8, 4) is 11.3 Å². The normalized spacial score (nSPS) is 13.3. The van der Waals surface area contributed by atoms with E-state index in [-0.39, 0.29) is 60.7 Å². The number of anilines is 1. The van der Waals surface area contributed by atoms with Crippen molar-refractivity contribution in [2.75, 3.05) is 11.0 Å². The van der Waals surface area contributed by atoms with Crippen LogP contribution in [0.4, 0.5) is 14.7 Å². The minimum absolute atomic E-state index is 0. The van der Waals surface area contributed by atoms with Crippen LogP contribution in [0.3, 0.4) is 0 Å². The minimum Gasteiger partial charge on any atom is -0.550 e. The quantitative estimate of drug-likeness (QED) is 0.382. The predicted octanol–water partition coefficient (Wildman–Crippen LogP) is -1.06. The molecule has 0 saturated heterocycles. The number of carbonyl (C=O) groups excluding carboxylic acids is 1. The number of aliphatic hydroxyl groups excluding tert-OH is 1. The number of nitrogens with one attached hydrogen (secondary N) is 1. The van der Waals surface area contributed by atoms with E-state index in [9.17, 15) is 32.2 Å². The third kappa shape index (κ3) is 9.62. The Morgan fingerprint density at radius 3 is 2.33 bits per heavy atom. The molecule has 1 aromatic heterocycles. The summed E-state index contributed by atoms with van der Waals surface area (Å²) in [6.45, 7) is 3.69. The van der Waals surface area contributed by atoms with Gasteiger partial charge in [-0.15, -0.1) is 0 Å². The molecule has 0 unspecified atom stereocenters. The fraction of sp³-hybridized carbons (Fsp3) is 0.476. The molecule has 2 aromatic rings. The summed E-state index contributed by atoms with van der Waals surface area (Å²) in [5.41, 5.74) is 1.98. The molecule has 0 amide bonds. The van der Waals surface area contributed by atoms with Gasteiger partial charge in [0.1, 0.15) is 12.0 Å². The molecule has 2 rings (SSSR count). The van der Waals surface area contributed by atoms with Gasteiger partial charge in [0.25, 0.3) is 0 Å². The maximum absolute atomic E-state index is 13.7. The van der Waals surface area contributed by atoms with E-state index < -0.39 is 40.5 Å². The van der Waals surface area contributed by atoms with Gasteiger partial charge >= 0.3 is 29.6 Å². The van der Waals surface area contributed by atoms with E-state index in [0.29, 0.717) is 22.5 Å². The summed E-state index contributed by atoms with van der Waals surface area (Å²) in [5, 5.41) is 20.7. The Hall–Kier alpha value is -1.66. The number of aromatic nitrogens is 2. The zero-order valence-corrected chi connectivity index (χ0v) is 21.8. The Bertz CT molecular complexity index is 1050. The van der Waals surface area contributed by atoms with Gasteiger partial charge in [0.2, 0.25) is 16.0 Å². The van der Waals surface area contributed by atoms with Crippen LogP contribution in [0.2, 0.25) is 0 Å². The number of nitrogens with zero attached hydrogens (tertiary/aromatic N) is 2. The number of sulfonamides is 1. The molecule has 2 atom stereocenters. The van der Waals surface area contributed by atoms with Crippen molar-refractivity contribution in [2.24, 2.45) is 0 Å². The van der Waals surface area contributed by atoms with Gasteiger partial charge in [0, 0.05) is 29.9 Å². The molecule has 1 aromatic carbocycles. The van der Waals surface area contributed by atoms with Gasteiger partial charge in [-0.2, -0.15) is 0 Å². The number of carboxylic acids is 1. The molecule has 1 heterocycles. The second-order valence-corrected chi connectivity index (χ2v) is 9.65. The third-order valence-corrected chi connectivity index (χ3v) is 5.18. The van der Waals surface area contributed by atoms with Crippen molar-refractivity contribution >= 4 is 21.9 Å². The van der Waals surface area contributed by atoms with Crippen LogP contribution in [0.15, 0.2) is 24.3 Å². The molecule has 176 valence electrons. The Labute approximate surface area is 214 Å². The first-order valence-electron chi connectivity index (χ1n) is 10.0. The van der Waals surface area contributed by atoms with Gasteiger partial charge in [0.05, 0.1) is 23.7 Å².